The SMILES string of the molecule is CC(C)(C)CC1CNCCN2CCCCC12. The normalized spacial score (nSPS) is 33.2. The van der Waals surface area contributed by atoms with E-state index in [9.17, 15) is 0 Å². The van der Waals surface area contributed by atoms with E-state index in [2.05, 4.69) is 31.0 Å². The van der Waals surface area contributed by atoms with Crippen LogP contribution in [0.25, 0.3) is 0 Å². The van der Waals surface area contributed by atoms with Crippen LogP contribution in [0.15, 0.2) is 0 Å². The predicted octanol–water partition coefficient (Wildman–Crippen LogP) is 2.50. The molecule has 0 bridgehead atoms. The van der Waals surface area contributed by atoms with E-state index in [1.807, 2.05) is 0 Å². The molecule has 2 aliphatic heterocycles. The summed E-state index contributed by atoms with van der Waals surface area (Å²) in [5, 5.41) is 3.63. The molecule has 0 radical (unpaired) electrons. The van der Waals surface area contributed by atoms with Gasteiger partial charge in [-0.1, -0.05) is 27.2 Å². The molecule has 0 aliphatic carbocycles. The van der Waals surface area contributed by atoms with Crippen molar-refractivity contribution in [2.45, 2.75) is 52.5 Å². The Morgan fingerprint density at radius 3 is 2.75 bits per heavy atom. The Kier molecular flexibility index (Phi) is 3.91. The van der Waals surface area contributed by atoms with Crippen molar-refractivity contribution in [1.82, 2.24) is 10.2 Å². The summed E-state index contributed by atoms with van der Waals surface area (Å²) in [7, 11) is 0. The Balaban J connectivity index is 2.02. The van der Waals surface area contributed by atoms with E-state index in [0.717, 1.165) is 12.0 Å². The molecule has 2 heterocycles. The number of hydrogen-bond acceptors (Lipinski definition) is 2. The number of fused-ring (bicyclic) bond motifs is 1. The predicted molar refractivity (Wildman–Crippen MR) is 69.6 cm³/mol. The van der Waals surface area contributed by atoms with Crippen LogP contribution in [0, 0.1) is 11.3 Å². The van der Waals surface area contributed by atoms with Crippen molar-refractivity contribution in [2.24, 2.45) is 11.3 Å². The molecule has 0 spiro atoms. The third-order valence-corrected chi connectivity index (χ3v) is 4.07. The highest BCUT2D eigenvalue weighted by Crippen LogP contribution is 2.32. The van der Waals surface area contributed by atoms with E-state index in [1.165, 1.54) is 51.9 Å². The monoisotopic (exact) mass is 224 g/mol. The summed E-state index contributed by atoms with van der Waals surface area (Å²) < 4.78 is 0. The lowest BCUT2D eigenvalue weighted by Gasteiger charge is -2.40. The van der Waals surface area contributed by atoms with Gasteiger partial charge in [-0.05, 0) is 43.7 Å². The lowest BCUT2D eigenvalue weighted by atomic mass is 9.78. The minimum absolute atomic E-state index is 0.472. The van der Waals surface area contributed by atoms with Crippen molar-refractivity contribution in [3.8, 4) is 0 Å². The van der Waals surface area contributed by atoms with Gasteiger partial charge in [-0.15, -0.1) is 0 Å². The molecule has 1 N–H and O–H groups in total. The fourth-order valence-corrected chi connectivity index (χ4v) is 3.47. The summed E-state index contributed by atoms with van der Waals surface area (Å²) in [4.78, 5) is 2.75. The van der Waals surface area contributed by atoms with E-state index in [1.54, 1.807) is 0 Å². The Morgan fingerprint density at radius 1 is 1.19 bits per heavy atom. The second-order valence-electron chi connectivity index (χ2n) is 6.83. The third kappa shape index (κ3) is 3.21. The molecule has 2 saturated heterocycles. The van der Waals surface area contributed by atoms with Crippen LogP contribution >= 0.6 is 0 Å². The number of rotatable bonds is 1. The van der Waals surface area contributed by atoms with Crippen molar-refractivity contribution < 1.29 is 0 Å². The highest BCUT2D eigenvalue weighted by Gasteiger charge is 2.33. The number of nitrogens with one attached hydrogen (secondary N) is 1. The third-order valence-electron chi connectivity index (χ3n) is 4.07. The highest BCUT2D eigenvalue weighted by atomic mass is 15.2. The molecule has 94 valence electrons. The van der Waals surface area contributed by atoms with Crippen LogP contribution in [0.3, 0.4) is 0 Å². The fourth-order valence-electron chi connectivity index (χ4n) is 3.47. The van der Waals surface area contributed by atoms with Gasteiger partial charge in [0.1, 0.15) is 0 Å². The van der Waals surface area contributed by atoms with Crippen LogP contribution < -0.4 is 5.32 Å². The highest BCUT2D eigenvalue weighted by molar-refractivity contribution is 4.89. The minimum Gasteiger partial charge on any atom is -0.315 e. The minimum atomic E-state index is 0.472. The molecule has 0 saturated carbocycles. The second kappa shape index (κ2) is 5.05. The van der Waals surface area contributed by atoms with E-state index >= 15 is 0 Å². The molecule has 2 nitrogen and oxygen atoms in total. The summed E-state index contributed by atoms with van der Waals surface area (Å²) in [6.07, 6.45) is 5.66. The maximum absolute atomic E-state index is 3.63. The van der Waals surface area contributed by atoms with E-state index in [-0.39, 0.29) is 0 Å². The summed E-state index contributed by atoms with van der Waals surface area (Å²) in [5.41, 5.74) is 0.472. The fraction of sp³-hybridized carbons (Fsp3) is 1.00. The Bertz CT molecular complexity index is 219. The first-order valence-corrected chi connectivity index (χ1v) is 7.01. The zero-order valence-electron chi connectivity index (χ0n) is 11.3. The molecule has 0 amide bonds. The molecular weight excluding hydrogens is 196 g/mol. The average molecular weight is 224 g/mol. The summed E-state index contributed by atoms with van der Waals surface area (Å²) in [6.45, 7) is 12.2. The number of piperidine rings is 1. The molecule has 16 heavy (non-hydrogen) atoms. The summed E-state index contributed by atoms with van der Waals surface area (Å²) in [6, 6.07) is 0.864. The maximum Gasteiger partial charge on any atom is 0.0136 e. The molecule has 0 aromatic rings. The second-order valence-corrected chi connectivity index (χ2v) is 6.83. The van der Waals surface area contributed by atoms with Crippen LogP contribution in [0.4, 0.5) is 0 Å². The van der Waals surface area contributed by atoms with Gasteiger partial charge in [0.25, 0.3) is 0 Å². The average Bonchev–Trinajstić information content (AvgIpc) is 2.39. The molecule has 0 aromatic heterocycles. The van der Waals surface area contributed by atoms with Gasteiger partial charge < -0.3 is 5.32 Å². The molecule has 2 unspecified atom stereocenters. The number of nitrogens with zero attached hydrogens (tertiary/aromatic N) is 1. The maximum atomic E-state index is 3.63. The van der Waals surface area contributed by atoms with Crippen molar-refractivity contribution in [3.05, 3.63) is 0 Å². The molecule has 2 aliphatic rings. The number of hydrogen-bond donors (Lipinski definition) is 1. The van der Waals surface area contributed by atoms with Gasteiger partial charge in [0.15, 0.2) is 0 Å². The smallest absolute Gasteiger partial charge is 0.0136 e. The quantitative estimate of drug-likeness (QED) is 0.736. The lowest BCUT2D eigenvalue weighted by Crippen LogP contribution is -2.45. The molecular formula is C14H28N2. The van der Waals surface area contributed by atoms with Crippen molar-refractivity contribution >= 4 is 0 Å². The van der Waals surface area contributed by atoms with Crippen molar-refractivity contribution in [3.63, 3.8) is 0 Å². The van der Waals surface area contributed by atoms with Crippen LogP contribution in [0.1, 0.15) is 46.5 Å². The summed E-state index contributed by atoms with van der Waals surface area (Å²) in [5.74, 6) is 0.864. The first-order valence-electron chi connectivity index (χ1n) is 7.01. The lowest BCUT2D eigenvalue weighted by molar-refractivity contribution is 0.0972. The van der Waals surface area contributed by atoms with Gasteiger partial charge in [0, 0.05) is 19.1 Å². The molecule has 0 aromatic carbocycles. The first-order chi connectivity index (χ1) is 7.56. The van der Waals surface area contributed by atoms with Gasteiger partial charge in [0.2, 0.25) is 0 Å². The molecule has 2 fully saturated rings. The molecule has 2 atom stereocenters. The van der Waals surface area contributed by atoms with Gasteiger partial charge in [0.05, 0.1) is 0 Å². The Labute approximate surface area is 101 Å². The molecule has 2 rings (SSSR count). The zero-order chi connectivity index (χ0) is 11.6. The van der Waals surface area contributed by atoms with E-state index in [0.29, 0.717) is 5.41 Å². The van der Waals surface area contributed by atoms with Crippen LogP contribution in [0.5, 0.6) is 0 Å². The van der Waals surface area contributed by atoms with Gasteiger partial charge in [-0.25, -0.2) is 0 Å². The van der Waals surface area contributed by atoms with Crippen molar-refractivity contribution in [1.29, 1.82) is 0 Å². The van der Waals surface area contributed by atoms with Crippen LogP contribution in [0.2, 0.25) is 0 Å². The Hall–Kier alpha value is -0.0800. The molecule has 2 heteroatoms. The Morgan fingerprint density at radius 2 is 2.00 bits per heavy atom. The first kappa shape index (κ1) is 12.4. The standard InChI is InChI=1S/C14H28N2/c1-14(2,3)10-12-11-15-7-9-16-8-5-4-6-13(12)16/h12-13,15H,4-11H2,1-3H3. The zero-order valence-corrected chi connectivity index (χ0v) is 11.3. The van der Waals surface area contributed by atoms with Gasteiger partial charge in [-0.3, -0.25) is 4.90 Å². The van der Waals surface area contributed by atoms with Crippen LogP contribution in [-0.2, 0) is 0 Å². The van der Waals surface area contributed by atoms with Crippen molar-refractivity contribution in [2.75, 3.05) is 26.2 Å². The topological polar surface area (TPSA) is 15.3 Å². The van der Waals surface area contributed by atoms with E-state index < -0.39 is 0 Å². The summed E-state index contributed by atoms with van der Waals surface area (Å²) >= 11 is 0. The van der Waals surface area contributed by atoms with Gasteiger partial charge >= 0.3 is 0 Å². The van der Waals surface area contributed by atoms with E-state index in [4.69, 9.17) is 0 Å². The van der Waals surface area contributed by atoms with Gasteiger partial charge in [-0.2, -0.15) is 0 Å². The largest absolute Gasteiger partial charge is 0.315 e. The van der Waals surface area contributed by atoms with Crippen LogP contribution in [-0.4, -0.2) is 37.1 Å².